The molecule has 0 saturated heterocycles. The average molecular weight is 308 g/mol. The van der Waals surface area contributed by atoms with Crippen molar-refractivity contribution in [3.63, 3.8) is 0 Å². The summed E-state index contributed by atoms with van der Waals surface area (Å²) in [5.74, 6) is 0. The number of amides is 2. The molecule has 1 atom stereocenters. The van der Waals surface area contributed by atoms with Gasteiger partial charge in [-0.2, -0.15) is 0 Å². The molecule has 0 bridgehead atoms. The highest BCUT2D eigenvalue weighted by atomic mass is 16.2. The van der Waals surface area contributed by atoms with Gasteiger partial charge in [0.15, 0.2) is 0 Å². The largest absolute Gasteiger partial charge is 0.331 e. The highest BCUT2D eigenvalue weighted by molar-refractivity contribution is 5.89. The van der Waals surface area contributed by atoms with Crippen molar-refractivity contribution >= 4 is 11.7 Å². The minimum Gasteiger partial charge on any atom is -0.331 e. The number of urea groups is 1. The fourth-order valence-electron chi connectivity index (χ4n) is 3.24. The molecule has 0 aliphatic heterocycles. The molecule has 1 aliphatic rings. The van der Waals surface area contributed by atoms with E-state index in [0.717, 1.165) is 18.5 Å². The van der Waals surface area contributed by atoms with Crippen LogP contribution in [0.4, 0.5) is 10.5 Å². The summed E-state index contributed by atoms with van der Waals surface area (Å²) in [6, 6.07) is 16.1. The Hall–Kier alpha value is -2.29. The normalized spacial score (nSPS) is 14.7. The van der Waals surface area contributed by atoms with Crippen LogP contribution >= 0.6 is 0 Å². The maximum absolute atomic E-state index is 12.2. The molecule has 3 nitrogen and oxygen atoms in total. The van der Waals surface area contributed by atoms with Gasteiger partial charge in [-0.1, -0.05) is 43.3 Å². The predicted molar refractivity (Wildman–Crippen MR) is 94.7 cm³/mol. The zero-order valence-electron chi connectivity index (χ0n) is 13.6. The summed E-state index contributed by atoms with van der Waals surface area (Å²) >= 11 is 0. The summed E-state index contributed by atoms with van der Waals surface area (Å²) < 4.78 is 0. The summed E-state index contributed by atoms with van der Waals surface area (Å²) in [5, 5.41) is 5.98. The van der Waals surface area contributed by atoms with Crippen molar-refractivity contribution in [2.75, 3.05) is 5.32 Å². The van der Waals surface area contributed by atoms with Gasteiger partial charge in [-0.25, -0.2) is 4.79 Å². The van der Waals surface area contributed by atoms with E-state index >= 15 is 0 Å². The number of hydrogen-bond acceptors (Lipinski definition) is 1. The maximum atomic E-state index is 12.2. The number of nitrogens with one attached hydrogen (secondary N) is 2. The summed E-state index contributed by atoms with van der Waals surface area (Å²) in [6.45, 7) is 2.10. The topological polar surface area (TPSA) is 41.1 Å². The Kier molecular flexibility index (Phi) is 4.96. The Bertz CT molecular complexity index is 667. The van der Waals surface area contributed by atoms with Crippen molar-refractivity contribution in [3.8, 4) is 0 Å². The zero-order valence-corrected chi connectivity index (χ0v) is 13.6. The highest BCUT2D eigenvalue weighted by Crippen LogP contribution is 2.26. The lowest BCUT2D eigenvalue weighted by Gasteiger charge is -2.22. The van der Waals surface area contributed by atoms with E-state index in [2.05, 4.69) is 35.8 Å². The first kappa shape index (κ1) is 15.6. The van der Waals surface area contributed by atoms with Gasteiger partial charge in [0.25, 0.3) is 0 Å². The molecule has 0 radical (unpaired) electrons. The second-order valence-electron chi connectivity index (χ2n) is 6.16. The lowest BCUT2D eigenvalue weighted by Crippen LogP contribution is -2.32. The third kappa shape index (κ3) is 3.92. The molecular formula is C20H24N2O. The van der Waals surface area contributed by atoms with Crippen LogP contribution < -0.4 is 10.6 Å². The van der Waals surface area contributed by atoms with Crippen molar-refractivity contribution in [2.45, 2.75) is 45.1 Å². The second kappa shape index (κ2) is 7.32. The number of carbonyl (C=O) groups is 1. The van der Waals surface area contributed by atoms with Crippen LogP contribution in [0.2, 0.25) is 0 Å². The van der Waals surface area contributed by atoms with Crippen LogP contribution in [0.25, 0.3) is 0 Å². The Labute approximate surface area is 138 Å². The summed E-state index contributed by atoms with van der Waals surface area (Å²) in [4.78, 5) is 12.2. The smallest absolute Gasteiger partial charge is 0.319 e. The number of carbonyl (C=O) groups excluding carboxylic acids is 1. The molecule has 0 heterocycles. The number of hydrogen-bond donors (Lipinski definition) is 2. The monoisotopic (exact) mass is 308 g/mol. The van der Waals surface area contributed by atoms with Crippen LogP contribution in [0.15, 0.2) is 48.5 Å². The molecule has 0 unspecified atom stereocenters. The first-order chi connectivity index (χ1) is 11.3. The number of aryl methyl sites for hydroxylation is 2. The Morgan fingerprint density at radius 1 is 1.04 bits per heavy atom. The molecule has 2 amide bonds. The summed E-state index contributed by atoms with van der Waals surface area (Å²) in [5.41, 5.74) is 4.95. The minimum atomic E-state index is -0.152. The van der Waals surface area contributed by atoms with Crippen LogP contribution in [0, 0.1) is 0 Å². The highest BCUT2D eigenvalue weighted by Gasteiger charge is 2.16. The van der Waals surface area contributed by atoms with E-state index in [9.17, 15) is 4.79 Å². The molecular weight excluding hydrogens is 284 g/mol. The van der Waals surface area contributed by atoms with Crippen LogP contribution in [0.3, 0.4) is 0 Å². The minimum absolute atomic E-state index is 0.0472. The molecule has 3 rings (SSSR count). The third-order valence-electron chi connectivity index (χ3n) is 4.52. The van der Waals surface area contributed by atoms with Gasteiger partial charge in [-0.3, -0.25) is 0 Å². The lowest BCUT2D eigenvalue weighted by molar-refractivity contribution is 0.248. The lowest BCUT2D eigenvalue weighted by atomic mass is 9.89. The van der Waals surface area contributed by atoms with E-state index in [1.54, 1.807) is 0 Å². The summed E-state index contributed by atoms with van der Waals surface area (Å²) in [6.07, 6.45) is 5.79. The fourth-order valence-corrected chi connectivity index (χ4v) is 3.24. The SMILES string of the molecule is CC[C@H](NC(=O)Nc1ccccc1)c1ccc2c(c1)CCCC2. The standard InChI is InChI=1S/C20H24N2O/c1-2-19(22-20(23)21-18-10-4-3-5-11-18)17-13-12-15-8-6-7-9-16(15)14-17/h3-5,10-14,19H,2,6-9H2,1H3,(H2,21,22,23)/t19-/m0/s1. The Morgan fingerprint density at radius 2 is 1.78 bits per heavy atom. The van der Waals surface area contributed by atoms with Crippen molar-refractivity contribution in [3.05, 3.63) is 65.2 Å². The third-order valence-corrected chi connectivity index (χ3v) is 4.52. The first-order valence-corrected chi connectivity index (χ1v) is 8.50. The van der Waals surface area contributed by atoms with Crippen molar-refractivity contribution in [1.82, 2.24) is 5.32 Å². The van der Waals surface area contributed by atoms with Crippen LogP contribution in [0.5, 0.6) is 0 Å². The number of rotatable bonds is 4. The van der Waals surface area contributed by atoms with Crippen LogP contribution in [0.1, 0.15) is 48.9 Å². The van der Waals surface area contributed by atoms with E-state index in [0.29, 0.717) is 0 Å². The molecule has 1 aliphatic carbocycles. The molecule has 2 aromatic carbocycles. The number of para-hydroxylation sites is 1. The molecule has 0 spiro atoms. The quantitative estimate of drug-likeness (QED) is 0.834. The Morgan fingerprint density at radius 3 is 2.52 bits per heavy atom. The second-order valence-corrected chi connectivity index (χ2v) is 6.16. The molecule has 2 N–H and O–H groups in total. The van der Waals surface area contributed by atoms with E-state index < -0.39 is 0 Å². The molecule has 0 aromatic heterocycles. The van der Waals surface area contributed by atoms with E-state index in [4.69, 9.17) is 0 Å². The van der Waals surface area contributed by atoms with E-state index in [-0.39, 0.29) is 12.1 Å². The molecule has 120 valence electrons. The van der Waals surface area contributed by atoms with Gasteiger partial charge in [0, 0.05) is 5.69 Å². The van der Waals surface area contributed by atoms with Crippen molar-refractivity contribution < 1.29 is 4.79 Å². The van der Waals surface area contributed by atoms with Crippen molar-refractivity contribution in [1.29, 1.82) is 0 Å². The van der Waals surface area contributed by atoms with Gasteiger partial charge >= 0.3 is 6.03 Å². The number of fused-ring (bicyclic) bond motifs is 1. The van der Waals surface area contributed by atoms with E-state index in [1.165, 1.54) is 36.0 Å². The first-order valence-electron chi connectivity index (χ1n) is 8.50. The molecule has 2 aromatic rings. The fraction of sp³-hybridized carbons (Fsp3) is 0.350. The molecule has 0 saturated carbocycles. The zero-order chi connectivity index (χ0) is 16.1. The van der Waals surface area contributed by atoms with Gasteiger partial charge in [0.1, 0.15) is 0 Å². The molecule has 0 fully saturated rings. The van der Waals surface area contributed by atoms with Crippen LogP contribution in [-0.4, -0.2) is 6.03 Å². The molecule has 23 heavy (non-hydrogen) atoms. The van der Waals surface area contributed by atoms with E-state index in [1.807, 2.05) is 30.3 Å². The van der Waals surface area contributed by atoms with Gasteiger partial charge in [-0.15, -0.1) is 0 Å². The maximum Gasteiger partial charge on any atom is 0.319 e. The van der Waals surface area contributed by atoms with Gasteiger partial charge < -0.3 is 10.6 Å². The van der Waals surface area contributed by atoms with Gasteiger partial charge in [-0.05, 0) is 60.9 Å². The van der Waals surface area contributed by atoms with Gasteiger partial charge in [0.2, 0.25) is 0 Å². The predicted octanol–water partition coefficient (Wildman–Crippen LogP) is 4.84. The number of benzene rings is 2. The van der Waals surface area contributed by atoms with Gasteiger partial charge in [0.05, 0.1) is 6.04 Å². The average Bonchev–Trinajstić information content (AvgIpc) is 2.60. The number of anilines is 1. The van der Waals surface area contributed by atoms with Crippen LogP contribution in [-0.2, 0) is 12.8 Å². The summed E-state index contributed by atoms with van der Waals surface area (Å²) in [7, 11) is 0. The Balaban J connectivity index is 1.68. The van der Waals surface area contributed by atoms with Crippen molar-refractivity contribution in [2.24, 2.45) is 0 Å². The molecule has 3 heteroatoms.